The number of non-ortho nitro benzene ring substituents is 1. The van der Waals surface area contributed by atoms with Crippen LogP contribution in [-0.4, -0.2) is 28.6 Å². The van der Waals surface area contributed by atoms with Gasteiger partial charge in [-0.15, -0.1) is 0 Å². The smallest absolute Gasteiger partial charge is 0.271 e. The second-order valence-corrected chi connectivity index (χ2v) is 8.61. The molecule has 0 unspecified atom stereocenters. The second-order valence-electron chi connectivity index (χ2n) is 7.37. The molecular weight excluding hydrogens is 519 g/mol. The van der Waals surface area contributed by atoms with Gasteiger partial charge in [0, 0.05) is 35.5 Å². The monoisotopic (exact) mass is 538 g/mol. The third-order valence-electron chi connectivity index (χ3n) is 4.99. The molecule has 0 aliphatic carbocycles. The van der Waals surface area contributed by atoms with Gasteiger partial charge < -0.3 is 4.90 Å². The number of halogens is 1. The van der Waals surface area contributed by atoms with Crippen LogP contribution < -0.4 is 10.5 Å². The average Bonchev–Trinajstić information content (AvgIpc) is 2.78. The van der Waals surface area contributed by atoms with Crippen molar-refractivity contribution in [3.05, 3.63) is 102 Å². The van der Waals surface area contributed by atoms with E-state index in [0.29, 0.717) is 22.4 Å². The Morgan fingerprint density at radius 2 is 1.78 bits per heavy atom. The van der Waals surface area contributed by atoms with E-state index in [1.54, 1.807) is 30.3 Å². The van der Waals surface area contributed by atoms with E-state index in [4.69, 9.17) is 0 Å². The summed E-state index contributed by atoms with van der Waals surface area (Å²) in [5.41, 5.74) is 2.61. The van der Waals surface area contributed by atoms with E-state index in [2.05, 4.69) is 27.6 Å². The molecule has 8 heteroatoms. The molecule has 7 nitrogen and oxygen atoms in total. The molecule has 32 heavy (non-hydrogen) atoms. The Balaban J connectivity index is 1.90. The summed E-state index contributed by atoms with van der Waals surface area (Å²) in [6, 6.07) is 19.4. The van der Waals surface area contributed by atoms with E-state index in [-0.39, 0.29) is 11.2 Å². The molecule has 0 amide bonds. The fourth-order valence-corrected chi connectivity index (χ4v) is 3.83. The number of nitrogens with zero attached hydrogens (tertiary/aromatic N) is 4. The molecule has 0 radical (unpaired) electrons. The highest BCUT2D eigenvalue weighted by molar-refractivity contribution is 14.1. The molecule has 160 valence electrons. The van der Waals surface area contributed by atoms with Crippen LogP contribution in [0.15, 0.2) is 71.5 Å². The highest BCUT2D eigenvalue weighted by Gasteiger charge is 2.14. The average molecular weight is 538 g/mol. The number of fused-ring (bicyclic) bond motifs is 1. The van der Waals surface area contributed by atoms with Gasteiger partial charge in [-0.1, -0.05) is 24.3 Å². The summed E-state index contributed by atoms with van der Waals surface area (Å²) in [6.07, 6.45) is 3.62. The fourth-order valence-electron chi connectivity index (χ4n) is 3.34. The Morgan fingerprint density at radius 3 is 2.47 bits per heavy atom. The standard InChI is InChI=1S/C24H19IN4O3/c1-27(2)18-10-6-16(7-11-18)8-13-23-26-22-12-9-17(25)14-21(22)24(30)28(23)19-4-3-5-20(15-19)29(31)32/h3-15H,1-2H3/b13-8+. The van der Waals surface area contributed by atoms with Crippen LogP contribution in [-0.2, 0) is 0 Å². The maximum Gasteiger partial charge on any atom is 0.271 e. The first-order chi connectivity index (χ1) is 15.3. The molecule has 4 aromatic rings. The van der Waals surface area contributed by atoms with Gasteiger partial charge in [0.05, 0.1) is 21.5 Å². The second kappa shape index (κ2) is 8.91. The molecule has 1 aromatic heterocycles. The Bertz CT molecular complexity index is 1410. The molecule has 0 aliphatic rings. The van der Waals surface area contributed by atoms with Crippen molar-refractivity contribution in [2.45, 2.75) is 0 Å². The molecule has 0 saturated heterocycles. The molecule has 0 aliphatic heterocycles. The summed E-state index contributed by atoms with van der Waals surface area (Å²) in [5, 5.41) is 11.7. The molecule has 0 bridgehead atoms. The lowest BCUT2D eigenvalue weighted by molar-refractivity contribution is -0.384. The maximum atomic E-state index is 13.4. The Hall–Kier alpha value is -3.53. The van der Waals surface area contributed by atoms with Gasteiger partial charge in [-0.2, -0.15) is 0 Å². The molecule has 0 saturated carbocycles. The summed E-state index contributed by atoms with van der Waals surface area (Å²) >= 11 is 2.14. The fraction of sp³-hybridized carbons (Fsp3) is 0.0833. The van der Waals surface area contributed by atoms with Gasteiger partial charge in [-0.3, -0.25) is 19.5 Å². The molecule has 0 atom stereocenters. The van der Waals surface area contributed by atoms with Gasteiger partial charge in [0.25, 0.3) is 11.2 Å². The van der Waals surface area contributed by atoms with E-state index in [0.717, 1.165) is 14.8 Å². The van der Waals surface area contributed by atoms with Crippen molar-refractivity contribution >= 4 is 57.0 Å². The Morgan fingerprint density at radius 1 is 1.03 bits per heavy atom. The van der Waals surface area contributed by atoms with Crippen molar-refractivity contribution in [1.82, 2.24) is 9.55 Å². The number of hydrogen-bond acceptors (Lipinski definition) is 5. The van der Waals surface area contributed by atoms with Gasteiger partial charge >= 0.3 is 0 Å². The topological polar surface area (TPSA) is 81.3 Å². The molecule has 0 spiro atoms. The molecule has 0 fully saturated rings. The number of benzene rings is 3. The van der Waals surface area contributed by atoms with Gasteiger partial charge in [-0.05, 0) is 70.6 Å². The van der Waals surface area contributed by atoms with E-state index in [1.165, 1.54) is 16.7 Å². The third-order valence-corrected chi connectivity index (χ3v) is 5.66. The van der Waals surface area contributed by atoms with Gasteiger partial charge in [-0.25, -0.2) is 4.98 Å². The zero-order valence-corrected chi connectivity index (χ0v) is 19.6. The van der Waals surface area contributed by atoms with Crippen LogP contribution in [0.25, 0.3) is 28.7 Å². The van der Waals surface area contributed by atoms with Crippen molar-refractivity contribution in [3.8, 4) is 5.69 Å². The van der Waals surface area contributed by atoms with Crippen molar-refractivity contribution < 1.29 is 4.92 Å². The molecular formula is C24H19IN4O3. The normalized spacial score (nSPS) is 11.2. The number of rotatable bonds is 5. The quantitative estimate of drug-likeness (QED) is 0.200. The lowest BCUT2D eigenvalue weighted by Gasteiger charge is -2.12. The molecule has 4 rings (SSSR count). The van der Waals surface area contributed by atoms with Crippen LogP contribution in [0.4, 0.5) is 11.4 Å². The van der Waals surface area contributed by atoms with Crippen molar-refractivity contribution in [2.24, 2.45) is 0 Å². The van der Waals surface area contributed by atoms with Gasteiger partial charge in [0.2, 0.25) is 0 Å². The summed E-state index contributed by atoms with van der Waals surface area (Å²) in [4.78, 5) is 30.9. The van der Waals surface area contributed by atoms with E-state index < -0.39 is 4.92 Å². The first-order valence-corrected chi connectivity index (χ1v) is 10.8. The van der Waals surface area contributed by atoms with E-state index in [1.807, 2.05) is 55.4 Å². The third kappa shape index (κ3) is 4.40. The van der Waals surface area contributed by atoms with Crippen LogP contribution >= 0.6 is 22.6 Å². The predicted octanol–water partition coefficient (Wildman–Crippen LogP) is 5.13. The van der Waals surface area contributed by atoms with E-state index >= 15 is 0 Å². The van der Waals surface area contributed by atoms with Crippen molar-refractivity contribution in [1.29, 1.82) is 0 Å². The van der Waals surface area contributed by atoms with Gasteiger partial charge in [0.15, 0.2) is 0 Å². The molecule has 3 aromatic carbocycles. The summed E-state index contributed by atoms with van der Waals surface area (Å²) < 4.78 is 2.32. The summed E-state index contributed by atoms with van der Waals surface area (Å²) in [7, 11) is 3.95. The largest absolute Gasteiger partial charge is 0.378 e. The number of anilines is 1. The molecule has 1 heterocycles. The Labute approximate surface area is 197 Å². The number of hydrogen-bond donors (Lipinski definition) is 0. The minimum atomic E-state index is -0.478. The highest BCUT2D eigenvalue weighted by Crippen LogP contribution is 2.21. The van der Waals surface area contributed by atoms with Crippen molar-refractivity contribution in [3.63, 3.8) is 0 Å². The van der Waals surface area contributed by atoms with Crippen LogP contribution in [0, 0.1) is 13.7 Å². The van der Waals surface area contributed by atoms with E-state index in [9.17, 15) is 14.9 Å². The minimum Gasteiger partial charge on any atom is -0.378 e. The maximum absolute atomic E-state index is 13.4. The number of nitro groups is 1. The summed E-state index contributed by atoms with van der Waals surface area (Å²) in [6.45, 7) is 0. The summed E-state index contributed by atoms with van der Waals surface area (Å²) in [5.74, 6) is 0.390. The van der Waals surface area contributed by atoms with Crippen molar-refractivity contribution in [2.75, 3.05) is 19.0 Å². The van der Waals surface area contributed by atoms with Crippen LogP contribution in [0.2, 0.25) is 0 Å². The lowest BCUT2D eigenvalue weighted by atomic mass is 10.1. The lowest BCUT2D eigenvalue weighted by Crippen LogP contribution is -2.22. The highest BCUT2D eigenvalue weighted by atomic mass is 127. The first kappa shape index (κ1) is 21.7. The van der Waals surface area contributed by atoms with Crippen LogP contribution in [0.5, 0.6) is 0 Å². The van der Waals surface area contributed by atoms with Gasteiger partial charge in [0.1, 0.15) is 5.82 Å². The molecule has 0 N–H and O–H groups in total. The SMILES string of the molecule is CN(C)c1ccc(/C=C/c2nc3ccc(I)cc3c(=O)n2-c2cccc([N+](=O)[O-])c2)cc1. The first-order valence-electron chi connectivity index (χ1n) is 9.76. The Kier molecular flexibility index (Phi) is 6.04. The minimum absolute atomic E-state index is 0.0913. The van der Waals surface area contributed by atoms with Crippen LogP contribution in [0.3, 0.4) is 0 Å². The number of aromatic nitrogens is 2. The zero-order valence-electron chi connectivity index (χ0n) is 17.4. The number of nitro benzene ring substituents is 1. The zero-order chi connectivity index (χ0) is 22.8. The van der Waals surface area contributed by atoms with Crippen LogP contribution in [0.1, 0.15) is 11.4 Å². The predicted molar refractivity (Wildman–Crippen MR) is 136 cm³/mol.